The molecule has 2 N–H and O–H groups in total. The number of nitrogens with one attached hydrogen (secondary N) is 1. The zero-order valence-corrected chi connectivity index (χ0v) is 13.9. The van der Waals surface area contributed by atoms with E-state index in [4.69, 9.17) is 5.11 Å². The Balaban J connectivity index is 2.19. The van der Waals surface area contributed by atoms with Crippen molar-refractivity contribution in [2.75, 3.05) is 11.2 Å². The van der Waals surface area contributed by atoms with Gasteiger partial charge in [0.15, 0.2) is 0 Å². The molecule has 134 valence electrons. The van der Waals surface area contributed by atoms with Crippen LogP contribution >= 0.6 is 11.8 Å². The van der Waals surface area contributed by atoms with Gasteiger partial charge >= 0.3 is 11.7 Å². The number of benzene rings is 1. The van der Waals surface area contributed by atoms with Crippen LogP contribution in [0.1, 0.15) is 25.7 Å². The van der Waals surface area contributed by atoms with Gasteiger partial charge in [-0.05, 0) is 25.3 Å². The fourth-order valence-electron chi connectivity index (χ4n) is 2.45. The Labute approximate surface area is 146 Å². The van der Waals surface area contributed by atoms with Crippen LogP contribution in [0.2, 0.25) is 0 Å². The second-order valence-electron chi connectivity index (χ2n) is 5.37. The van der Waals surface area contributed by atoms with Crippen LogP contribution in [0.3, 0.4) is 0 Å². The largest absolute Gasteiger partial charge is 0.481 e. The minimum Gasteiger partial charge on any atom is -0.481 e. The van der Waals surface area contributed by atoms with Crippen molar-refractivity contribution in [3.8, 4) is 0 Å². The lowest BCUT2D eigenvalue weighted by atomic mass is 9.98. The Morgan fingerprint density at radius 1 is 1.32 bits per heavy atom. The summed E-state index contributed by atoms with van der Waals surface area (Å²) in [6, 6.07) is 3.27. The monoisotopic (exact) mass is 368 g/mol. The van der Waals surface area contributed by atoms with E-state index in [0.29, 0.717) is 6.42 Å². The van der Waals surface area contributed by atoms with Crippen molar-refractivity contribution >= 4 is 40.5 Å². The van der Waals surface area contributed by atoms with Gasteiger partial charge in [-0.3, -0.25) is 30.4 Å². The van der Waals surface area contributed by atoms with E-state index in [-0.39, 0.29) is 22.4 Å². The lowest BCUT2D eigenvalue weighted by Crippen LogP contribution is -2.24. The maximum Gasteiger partial charge on any atom is 0.313 e. The Kier molecular flexibility index (Phi) is 6.28. The number of thioether (sulfide) groups is 1. The standard InChI is InChI=1S/C14H16N4O6S/c19-14(20)8-25-13-4-2-1-3-11(13)16-15-10-6-5-9(17(21)22)7-12(10)18(23)24/h5-7,13,15H,1-4,8H2,(H,19,20)/b16-11-/t13-/m0/s1. The summed E-state index contributed by atoms with van der Waals surface area (Å²) in [4.78, 5) is 31.2. The maximum absolute atomic E-state index is 11.1. The van der Waals surface area contributed by atoms with Gasteiger partial charge in [0.1, 0.15) is 5.69 Å². The third kappa shape index (κ3) is 5.14. The molecule has 0 unspecified atom stereocenters. The smallest absolute Gasteiger partial charge is 0.313 e. The number of hydrogen-bond acceptors (Lipinski definition) is 8. The zero-order chi connectivity index (χ0) is 18.4. The van der Waals surface area contributed by atoms with Crippen LogP contribution in [0, 0.1) is 20.2 Å². The van der Waals surface area contributed by atoms with E-state index in [1.807, 2.05) is 0 Å². The molecule has 25 heavy (non-hydrogen) atoms. The number of carbonyl (C=O) groups is 1. The Bertz CT molecular complexity index is 723. The second-order valence-corrected chi connectivity index (χ2v) is 6.56. The molecule has 2 rings (SSSR count). The van der Waals surface area contributed by atoms with Crippen molar-refractivity contribution < 1.29 is 19.7 Å². The number of nitrogens with zero attached hydrogens (tertiary/aromatic N) is 3. The average molecular weight is 368 g/mol. The van der Waals surface area contributed by atoms with Crippen molar-refractivity contribution in [1.29, 1.82) is 0 Å². The molecular formula is C14H16N4O6S. The Morgan fingerprint density at radius 3 is 2.72 bits per heavy atom. The number of carboxylic acid groups (broad SMARTS) is 1. The Morgan fingerprint density at radius 2 is 2.08 bits per heavy atom. The molecule has 11 heteroatoms. The van der Waals surface area contributed by atoms with Crippen LogP contribution in [0.4, 0.5) is 17.1 Å². The molecule has 0 spiro atoms. The van der Waals surface area contributed by atoms with Crippen LogP contribution < -0.4 is 5.43 Å². The number of carboxylic acids is 1. The van der Waals surface area contributed by atoms with Crippen LogP contribution in [0.5, 0.6) is 0 Å². The molecule has 1 atom stereocenters. The summed E-state index contributed by atoms with van der Waals surface area (Å²) in [7, 11) is 0. The van der Waals surface area contributed by atoms with Gasteiger partial charge in [0, 0.05) is 11.3 Å². The third-order valence-electron chi connectivity index (χ3n) is 3.64. The molecule has 0 saturated heterocycles. The number of hydrazone groups is 1. The van der Waals surface area contributed by atoms with Crippen molar-refractivity contribution in [3.05, 3.63) is 38.4 Å². The van der Waals surface area contributed by atoms with Gasteiger partial charge in [-0.2, -0.15) is 5.10 Å². The molecule has 0 amide bonds. The van der Waals surface area contributed by atoms with Crippen LogP contribution in [-0.4, -0.2) is 37.6 Å². The molecule has 0 aliphatic heterocycles. The topological polar surface area (TPSA) is 148 Å². The van der Waals surface area contributed by atoms with E-state index in [9.17, 15) is 25.0 Å². The lowest BCUT2D eigenvalue weighted by molar-refractivity contribution is -0.393. The van der Waals surface area contributed by atoms with E-state index in [1.54, 1.807) is 0 Å². The molecule has 1 aliphatic rings. The second kappa shape index (κ2) is 8.42. The fourth-order valence-corrected chi connectivity index (χ4v) is 3.49. The third-order valence-corrected chi connectivity index (χ3v) is 4.96. The average Bonchev–Trinajstić information content (AvgIpc) is 2.58. The lowest BCUT2D eigenvalue weighted by Gasteiger charge is -2.23. The van der Waals surface area contributed by atoms with E-state index in [2.05, 4.69) is 10.5 Å². The number of nitro benzene ring substituents is 2. The summed E-state index contributed by atoms with van der Waals surface area (Å²) in [5.74, 6) is -0.949. The van der Waals surface area contributed by atoms with Gasteiger partial charge in [-0.15, -0.1) is 11.8 Å². The van der Waals surface area contributed by atoms with Gasteiger partial charge in [-0.1, -0.05) is 6.42 Å². The predicted molar refractivity (Wildman–Crippen MR) is 93.2 cm³/mol. The van der Waals surface area contributed by atoms with Gasteiger partial charge in [0.05, 0.1) is 27.4 Å². The molecule has 1 saturated carbocycles. The zero-order valence-electron chi connectivity index (χ0n) is 13.1. The number of rotatable bonds is 7. The summed E-state index contributed by atoms with van der Waals surface area (Å²) in [5.41, 5.74) is 2.59. The minimum absolute atomic E-state index is 0.0403. The molecule has 0 radical (unpaired) electrons. The summed E-state index contributed by atoms with van der Waals surface area (Å²) in [6.07, 6.45) is 3.34. The summed E-state index contributed by atoms with van der Waals surface area (Å²) in [5, 5.41) is 34.8. The van der Waals surface area contributed by atoms with Crippen LogP contribution in [-0.2, 0) is 4.79 Å². The number of non-ortho nitro benzene ring substituents is 1. The quantitative estimate of drug-likeness (QED) is 0.551. The van der Waals surface area contributed by atoms with E-state index in [1.165, 1.54) is 17.8 Å². The first-order chi connectivity index (χ1) is 11.9. The summed E-state index contributed by atoms with van der Waals surface area (Å²) in [6.45, 7) is 0. The normalized spacial score (nSPS) is 18.7. The van der Waals surface area contributed by atoms with E-state index in [0.717, 1.165) is 37.1 Å². The van der Waals surface area contributed by atoms with Crippen molar-refractivity contribution in [3.63, 3.8) is 0 Å². The molecule has 10 nitrogen and oxygen atoms in total. The Hall–Kier alpha value is -2.69. The van der Waals surface area contributed by atoms with Crippen molar-refractivity contribution in [1.82, 2.24) is 0 Å². The molecule has 0 aromatic heterocycles. The van der Waals surface area contributed by atoms with Crippen LogP contribution in [0.15, 0.2) is 23.3 Å². The first-order valence-electron chi connectivity index (χ1n) is 7.47. The molecule has 0 heterocycles. The SMILES string of the molecule is O=C(O)CS[C@H]1CCCC/C1=N/Nc1ccc([N+](=O)[O-])cc1[N+](=O)[O-]. The van der Waals surface area contributed by atoms with E-state index >= 15 is 0 Å². The van der Waals surface area contributed by atoms with Gasteiger partial charge in [-0.25, -0.2) is 0 Å². The highest BCUT2D eigenvalue weighted by atomic mass is 32.2. The molecule has 1 aromatic rings. The molecule has 1 fully saturated rings. The summed E-state index contributed by atoms with van der Waals surface area (Å²) >= 11 is 1.27. The summed E-state index contributed by atoms with van der Waals surface area (Å²) < 4.78 is 0. The first kappa shape index (κ1) is 18.6. The predicted octanol–water partition coefficient (Wildman–Crippen LogP) is 3.03. The number of hydrogen-bond donors (Lipinski definition) is 2. The van der Waals surface area contributed by atoms with Crippen LogP contribution in [0.25, 0.3) is 0 Å². The molecule has 1 aliphatic carbocycles. The maximum atomic E-state index is 11.1. The number of anilines is 1. The molecular weight excluding hydrogens is 352 g/mol. The number of aliphatic carboxylic acids is 1. The van der Waals surface area contributed by atoms with Crippen molar-refractivity contribution in [2.45, 2.75) is 30.9 Å². The van der Waals surface area contributed by atoms with Gasteiger partial charge in [0.25, 0.3) is 5.69 Å². The molecule has 0 bridgehead atoms. The number of nitro groups is 2. The van der Waals surface area contributed by atoms with Gasteiger partial charge < -0.3 is 5.11 Å². The highest BCUT2D eigenvalue weighted by molar-refractivity contribution is 8.01. The highest BCUT2D eigenvalue weighted by Gasteiger charge is 2.23. The van der Waals surface area contributed by atoms with Gasteiger partial charge in [0.2, 0.25) is 0 Å². The van der Waals surface area contributed by atoms with Crippen molar-refractivity contribution in [2.24, 2.45) is 5.10 Å². The first-order valence-corrected chi connectivity index (χ1v) is 8.52. The molecule has 1 aromatic carbocycles. The van der Waals surface area contributed by atoms with E-state index < -0.39 is 21.5 Å². The fraction of sp³-hybridized carbons (Fsp3) is 0.429. The highest BCUT2D eigenvalue weighted by Crippen LogP contribution is 2.30. The minimum atomic E-state index is -0.908.